The van der Waals surface area contributed by atoms with Gasteiger partial charge in [0.25, 0.3) is 0 Å². The molecule has 0 saturated heterocycles. The number of halogens is 1. The van der Waals surface area contributed by atoms with Gasteiger partial charge < -0.3 is 19.0 Å². The fourth-order valence-electron chi connectivity index (χ4n) is 1.95. The van der Waals surface area contributed by atoms with Crippen LogP contribution in [-0.2, 0) is 13.7 Å². The van der Waals surface area contributed by atoms with Crippen molar-refractivity contribution in [3.63, 3.8) is 0 Å². The van der Waals surface area contributed by atoms with E-state index in [1.165, 1.54) is 11.4 Å². The number of hydrogen-bond acceptors (Lipinski definition) is 5. The van der Waals surface area contributed by atoms with E-state index in [1.807, 2.05) is 20.8 Å². The molecule has 0 aromatic heterocycles. The van der Waals surface area contributed by atoms with Crippen molar-refractivity contribution in [2.24, 2.45) is 0 Å². The van der Waals surface area contributed by atoms with E-state index >= 15 is 0 Å². The van der Waals surface area contributed by atoms with Crippen LogP contribution in [0.3, 0.4) is 0 Å². The number of rotatable bonds is 10. The van der Waals surface area contributed by atoms with Crippen LogP contribution in [0, 0.1) is 0 Å². The van der Waals surface area contributed by atoms with Crippen molar-refractivity contribution in [3.8, 4) is 0 Å². The molecule has 0 rings (SSSR count). The smallest absolute Gasteiger partial charge is 0.408 e. The molecule has 0 bridgehead atoms. The van der Waals surface area contributed by atoms with Gasteiger partial charge in [-0.05, 0) is 45.6 Å². The summed E-state index contributed by atoms with van der Waals surface area (Å²) in [6.07, 6.45) is -0.928. The molecule has 5 nitrogen and oxygen atoms in total. The summed E-state index contributed by atoms with van der Waals surface area (Å²) in [6.45, 7) is 22.0. The molecule has 166 valence electrons. The van der Waals surface area contributed by atoms with Crippen molar-refractivity contribution < 1.29 is 18.5 Å². The minimum atomic E-state index is -2.37. The van der Waals surface area contributed by atoms with E-state index in [2.05, 4.69) is 61.7 Å². The second-order valence-electron chi connectivity index (χ2n) is 9.55. The maximum absolute atomic E-state index is 12.7. The third-order valence-corrected chi connectivity index (χ3v) is 14.8. The third kappa shape index (κ3) is 10.9. The Kier molecular flexibility index (Phi) is 11.1. The summed E-state index contributed by atoms with van der Waals surface area (Å²) in [6, 6.07) is -0.380. The first-order chi connectivity index (χ1) is 12.4. The van der Waals surface area contributed by atoms with Crippen LogP contribution in [0.2, 0.25) is 18.1 Å². The number of alkyl carbamates (subject to hydrolysis) is 1. The minimum Gasteiger partial charge on any atom is -0.444 e. The molecule has 0 heterocycles. The standard InChI is InChI=1S/C19H39BrNO4PSSi/c1-11-16(25-28(9,10)19(5,6)7)15(14-27-26(8,23)13-12-20)21-17(22)24-18(2,3)4/h11,15-16H,1,12-14H2,2-10H3,(H,21,22)/t15-,16-,26?/m1/s1. The highest BCUT2D eigenvalue weighted by Crippen LogP contribution is 2.55. The van der Waals surface area contributed by atoms with Crippen LogP contribution in [0.4, 0.5) is 4.79 Å². The monoisotopic (exact) mass is 515 g/mol. The molecular formula is C19H39BrNO4PSSi. The Hall–Kier alpha value is 0.247. The Labute approximate surface area is 185 Å². The van der Waals surface area contributed by atoms with E-state index in [0.717, 1.165) is 0 Å². The Morgan fingerprint density at radius 2 is 1.82 bits per heavy atom. The zero-order chi connectivity index (χ0) is 22.4. The summed E-state index contributed by atoms with van der Waals surface area (Å²) in [5, 5.41) is 3.63. The zero-order valence-electron chi connectivity index (χ0n) is 18.9. The molecule has 0 aromatic rings. The predicted octanol–water partition coefficient (Wildman–Crippen LogP) is 6.49. The van der Waals surface area contributed by atoms with Crippen LogP contribution in [0.15, 0.2) is 12.7 Å². The molecule has 0 aliphatic heterocycles. The van der Waals surface area contributed by atoms with E-state index in [0.29, 0.717) is 17.2 Å². The normalized spacial score (nSPS) is 17.4. The lowest BCUT2D eigenvalue weighted by atomic mass is 10.2. The van der Waals surface area contributed by atoms with E-state index in [4.69, 9.17) is 9.16 Å². The summed E-state index contributed by atoms with van der Waals surface area (Å²) >= 11 is 4.75. The number of nitrogens with one attached hydrogen (secondary N) is 1. The average molecular weight is 517 g/mol. The number of carbonyl (C=O) groups excluding carboxylic acids is 1. The molecule has 0 saturated carbocycles. The van der Waals surface area contributed by atoms with Gasteiger partial charge in [0.05, 0.1) is 12.1 Å². The van der Waals surface area contributed by atoms with Gasteiger partial charge in [-0.2, -0.15) is 0 Å². The SMILES string of the molecule is C=C[C@@H](O[Si](C)(C)C(C)(C)C)[C@@H](CSP(C)(=O)CCBr)NC(=O)OC(C)(C)C. The van der Waals surface area contributed by atoms with E-state index in [1.54, 1.807) is 12.7 Å². The highest BCUT2D eigenvalue weighted by Gasteiger charge is 2.40. The van der Waals surface area contributed by atoms with Gasteiger partial charge in [-0.3, -0.25) is 0 Å². The molecule has 1 N–H and O–H groups in total. The lowest BCUT2D eigenvalue weighted by Crippen LogP contribution is -2.52. The van der Waals surface area contributed by atoms with Gasteiger partial charge in [-0.15, -0.1) is 6.58 Å². The van der Waals surface area contributed by atoms with Crippen molar-refractivity contribution in [2.45, 2.75) is 77.4 Å². The Morgan fingerprint density at radius 3 is 2.21 bits per heavy atom. The first-order valence-electron chi connectivity index (χ1n) is 9.51. The number of amides is 1. The topological polar surface area (TPSA) is 64.6 Å². The lowest BCUT2D eigenvalue weighted by molar-refractivity contribution is 0.0472. The predicted molar refractivity (Wildman–Crippen MR) is 130 cm³/mol. The molecule has 1 unspecified atom stereocenters. The van der Waals surface area contributed by atoms with Crippen LogP contribution in [0.25, 0.3) is 0 Å². The highest BCUT2D eigenvalue weighted by atomic mass is 79.9. The summed E-state index contributed by atoms with van der Waals surface area (Å²) in [5.74, 6) is 0.464. The number of hydrogen-bond donors (Lipinski definition) is 1. The van der Waals surface area contributed by atoms with Gasteiger partial charge in [-0.1, -0.05) is 54.2 Å². The molecular weight excluding hydrogens is 477 g/mol. The second kappa shape index (κ2) is 11.0. The molecule has 0 aliphatic carbocycles. The first-order valence-corrected chi connectivity index (χ1v) is 17.5. The second-order valence-corrected chi connectivity index (χ2v) is 21.3. The van der Waals surface area contributed by atoms with Gasteiger partial charge in [0, 0.05) is 17.2 Å². The van der Waals surface area contributed by atoms with E-state index in [9.17, 15) is 9.36 Å². The minimum absolute atomic E-state index is 0.0217. The molecule has 0 spiro atoms. The van der Waals surface area contributed by atoms with E-state index < -0.39 is 26.4 Å². The Balaban J connectivity index is 5.50. The first kappa shape index (κ1) is 28.2. The molecule has 9 heteroatoms. The molecule has 0 aromatic carbocycles. The van der Waals surface area contributed by atoms with Gasteiger partial charge >= 0.3 is 6.09 Å². The van der Waals surface area contributed by atoms with Crippen molar-refractivity contribution in [1.82, 2.24) is 5.32 Å². The Morgan fingerprint density at radius 1 is 1.29 bits per heavy atom. The molecule has 1 amide bonds. The van der Waals surface area contributed by atoms with Crippen molar-refractivity contribution in [3.05, 3.63) is 12.7 Å². The lowest BCUT2D eigenvalue weighted by Gasteiger charge is -2.40. The molecule has 28 heavy (non-hydrogen) atoms. The Bertz CT molecular complexity index is 575. The summed E-state index contributed by atoms with van der Waals surface area (Å²) < 4.78 is 24.7. The quantitative estimate of drug-likeness (QED) is 0.156. The van der Waals surface area contributed by atoms with E-state index in [-0.39, 0.29) is 17.2 Å². The fourth-order valence-corrected chi connectivity index (χ4v) is 9.25. The number of alkyl halides is 1. The van der Waals surface area contributed by atoms with Gasteiger partial charge in [0.15, 0.2) is 8.32 Å². The van der Waals surface area contributed by atoms with Crippen LogP contribution in [0.1, 0.15) is 41.5 Å². The van der Waals surface area contributed by atoms with Crippen molar-refractivity contribution in [1.29, 1.82) is 0 Å². The average Bonchev–Trinajstić information content (AvgIpc) is 2.46. The molecule has 0 aliphatic rings. The fraction of sp³-hybridized carbons (Fsp3) is 0.842. The van der Waals surface area contributed by atoms with Gasteiger partial charge in [0.1, 0.15) is 11.9 Å². The van der Waals surface area contributed by atoms with Crippen LogP contribution in [-0.4, -0.2) is 56.1 Å². The maximum atomic E-state index is 12.7. The molecule has 0 fully saturated rings. The highest BCUT2D eigenvalue weighted by molar-refractivity contribution is 9.09. The number of carbonyl (C=O) groups is 1. The largest absolute Gasteiger partial charge is 0.444 e. The summed E-state index contributed by atoms with van der Waals surface area (Å²) in [5.41, 5.74) is -0.595. The molecule has 0 radical (unpaired) electrons. The van der Waals surface area contributed by atoms with Crippen LogP contribution >= 0.6 is 33.7 Å². The van der Waals surface area contributed by atoms with Crippen molar-refractivity contribution >= 4 is 48.1 Å². The summed E-state index contributed by atoms with van der Waals surface area (Å²) in [7, 11) is -2.09. The molecule has 3 atom stereocenters. The maximum Gasteiger partial charge on any atom is 0.408 e. The van der Waals surface area contributed by atoms with Crippen LogP contribution < -0.4 is 5.32 Å². The summed E-state index contributed by atoms with van der Waals surface area (Å²) in [4.78, 5) is 12.4. The van der Waals surface area contributed by atoms with Crippen LogP contribution in [0.5, 0.6) is 0 Å². The third-order valence-electron chi connectivity index (χ3n) is 4.59. The zero-order valence-corrected chi connectivity index (χ0v) is 23.2. The number of ether oxygens (including phenoxy) is 1. The van der Waals surface area contributed by atoms with Gasteiger partial charge in [0.2, 0.25) is 0 Å². The van der Waals surface area contributed by atoms with Gasteiger partial charge in [-0.25, -0.2) is 4.79 Å². The van der Waals surface area contributed by atoms with Crippen molar-refractivity contribution in [2.75, 3.05) is 23.9 Å².